The Labute approximate surface area is 235 Å². The summed E-state index contributed by atoms with van der Waals surface area (Å²) in [7, 11) is 0. The zero-order valence-electron chi connectivity index (χ0n) is 23.4. The lowest BCUT2D eigenvalue weighted by Crippen LogP contribution is -2.52. The van der Waals surface area contributed by atoms with E-state index in [4.69, 9.17) is 0 Å². The van der Waals surface area contributed by atoms with Crippen LogP contribution >= 0.6 is 0 Å². The Morgan fingerprint density at radius 1 is 0.900 bits per heavy atom. The van der Waals surface area contributed by atoms with Crippen LogP contribution < -0.4 is 16.0 Å². The summed E-state index contributed by atoms with van der Waals surface area (Å²) in [5, 5.41) is 23.5. The molecule has 8 heteroatoms. The van der Waals surface area contributed by atoms with Crippen LogP contribution in [0.2, 0.25) is 0 Å². The van der Waals surface area contributed by atoms with E-state index in [1.807, 2.05) is 48.0 Å². The number of para-hydroxylation sites is 1. The molecular formula is C32H37N7O. The molecule has 3 aromatic carbocycles. The summed E-state index contributed by atoms with van der Waals surface area (Å²) in [6.07, 6.45) is 5.90. The minimum absolute atomic E-state index is 0.0847. The molecule has 2 unspecified atom stereocenters. The van der Waals surface area contributed by atoms with Crippen molar-refractivity contribution in [3.05, 3.63) is 101 Å². The summed E-state index contributed by atoms with van der Waals surface area (Å²) in [6.45, 7) is 6.40. The second kappa shape index (κ2) is 10.8. The number of aromatic nitrogens is 4. The lowest BCUT2D eigenvalue weighted by Gasteiger charge is -2.38. The Hall–Kier alpha value is -4.20. The van der Waals surface area contributed by atoms with Crippen molar-refractivity contribution in [3.63, 3.8) is 0 Å². The first-order valence-corrected chi connectivity index (χ1v) is 14.4. The molecule has 1 aliphatic carbocycles. The summed E-state index contributed by atoms with van der Waals surface area (Å²) >= 11 is 0. The molecule has 1 aliphatic heterocycles. The summed E-state index contributed by atoms with van der Waals surface area (Å²) < 4.78 is 2.04. The van der Waals surface area contributed by atoms with E-state index in [-0.39, 0.29) is 11.9 Å². The van der Waals surface area contributed by atoms with Gasteiger partial charge in [0, 0.05) is 11.4 Å². The largest absolute Gasteiger partial charge is 0.371 e. The van der Waals surface area contributed by atoms with Gasteiger partial charge in [0.05, 0.1) is 11.6 Å². The fourth-order valence-electron chi connectivity index (χ4n) is 5.94. The number of fused-ring (bicyclic) bond motifs is 1. The van der Waals surface area contributed by atoms with Crippen LogP contribution in [-0.2, 0) is 5.66 Å². The number of benzene rings is 3. The van der Waals surface area contributed by atoms with Gasteiger partial charge in [-0.25, -0.2) is 4.68 Å². The van der Waals surface area contributed by atoms with Crippen LogP contribution in [0.5, 0.6) is 0 Å². The van der Waals surface area contributed by atoms with Gasteiger partial charge >= 0.3 is 0 Å². The third-order valence-electron chi connectivity index (χ3n) is 8.33. The van der Waals surface area contributed by atoms with Gasteiger partial charge in [0.15, 0.2) is 5.82 Å². The van der Waals surface area contributed by atoms with Crippen molar-refractivity contribution in [1.29, 1.82) is 0 Å². The predicted molar refractivity (Wildman–Crippen MR) is 157 cm³/mol. The molecule has 8 nitrogen and oxygen atoms in total. The molecule has 1 fully saturated rings. The monoisotopic (exact) mass is 535 g/mol. The molecular weight excluding hydrogens is 498 g/mol. The van der Waals surface area contributed by atoms with Gasteiger partial charge in [-0.1, -0.05) is 81.6 Å². The number of hydrogen-bond acceptors (Lipinski definition) is 6. The number of nitrogens with one attached hydrogen (secondary N) is 3. The summed E-state index contributed by atoms with van der Waals surface area (Å²) in [5.41, 5.74) is 5.09. The number of amides is 1. The van der Waals surface area contributed by atoms with Crippen LogP contribution in [0.4, 0.5) is 11.4 Å². The first-order chi connectivity index (χ1) is 19.4. The van der Waals surface area contributed by atoms with Crippen LogP contribution in [-0.4, -0.2) is 26.1 Å². The Morgan fingerprint density at radius 3 is 2.33 bits per heavy atom. The van der Waals surface area contributed by atoms with Crippen LogP contribution in [0.15, 0.2) is 72.8 Å². The third kappa shape index (κ3) is 5.06. The summed E-state index contributed by atoms with van der Waals surface area (Å²) in [5.74, 6) is 1.21. The van der Waals surface area contributed by atoms with Gasteiger partial charge in [-0.2, -0.15) is 0 Å². The Kier molecular flexibility index (Phi) is 7.00. The molecule has 0 spiro atoms. The zero-order chi connectivity index (χ0) is 27.7. The van der Waals surface area contributed by atoms with Gasteiger partial charge in [0.2, 0.25) is 0 Å². The highest BCUT2D eigenvalue weighted by molar-refractivity contribution is 6.02. The molecule has 1 saturated carbocycles. The van der Waals surface area contributed by atoms with Crippen molar-refractivity contribution >= 4 is 17.3 Å². The molecule has 2 atom stereocenters. The van der Waals surface area contributed by atoms with Crippen LogP contribution in [0.1, 0.15) is 104 Å². The number of anilines is 2. The SMILES string of the molecule is CC(C)c1ccc(C(Nc2ccc(C3(C)NC(=O)c4ccccc4N3)cc2)c2nnnn2C2CCCCC2)cc1. The highest BCUT2D eigenvalue weighted by Gasteiger charge is 2.35. The first kappa shape index (κ1) is 26.0. The van der Waals surface area contributed by atoms with Gasteiger partial charge in [0.1, 0.15) is 11.7 Å². The number of rotatable bonds is 7. The van der Waals surface area contributed by atoms with Crippen molar-refractivity contribution in [2.75, 3.05) is 10.6 Å². The second-order valence-electron chi connectivity index (χ2n) is 11.5. The van der Waals surface area contributed by atoms with E-state index < -0.39 is 5.66 Å². The molecule has 3 N–H and O–H groups in total. The van der Waals surface area contributed by atoms with Crippen molar-refractivity contribution in [1.82, 2.24) is 25.5 Å². The molecule has 0 saturated heterocycles. The van der Waals surface area contributed by atoms with Crippen molar-refractivity contribution < 1.29 is 4.79 Å². The smallest absolute Gasteiger partial charge is 0.255 e. The molecule has 206 valence electrons. The zero-order valence-corrected chi connectivity index (χ0v) is 23.4. The van der Waals surface area contributed by atoms with Gasteiger partial charge < -0.3 is 16.0 Å². The topological polar surface area (TPSA) is 96.8 Å². The molecule has 1 amide bonds. The van der Waals surface area contributed by atoms with E-state index >= 15 is 0 Å². The fraction of sp³-hybridized carbons (Fsp3) is 0.375. The number of nitrogens with zero attached hydrogens (tertiary/aromatic N) is 4. The molecule has 4 aromatic rings. The summed E-state index contributed by atoms with van der Waals surface area (Å²) in [4.78, 5) is 12.8. The number of hydrogen-bond donors (Lipinski definition) is 3. The van der Waals surface area contributed by atoms with Crippen molar-refractivity contribution in [2.45, 2.75) is 76.5 Å². The molecule has 1 aromatic heterocycles. The number of carbonyl (C=O) groups excluding carboxylic acids is 1. The van der Waals surface area contributed by atoms with E-state index in [1.54, 1.807) is 0 Å². The lowest BCUT2D eigenvalue weighted by atomic mass is 9.94. The summed E-state index contributed by atoms with van der Waals surface area (Å²) in [6, 6.07) is 24.7. The van der Waals surface area contributed by atoms with E-state index in [0.29, 0.717) is 17.5 Å². The van der Waals surface area contributed by atoms with Crippen LogP contribution in [0.25, 0.3) is 0 Å². The highest BCUT2D eigenvalue weighted by atomic mass is 16.2. The standard InChI is InChI=1S/C32H37N7O/c1-21(2)22-13-15-23(16-14-22)29(30-36-37-38-39(30)26-9-5-4-6-10-26)33-25-19-17-24(18-20-25)32(3)34-28-12-8-7-11-27(28)31(40)35-32/h7-8,11-21,26,29,33-34H,4-6,9-10H2,1-3H3,(H,35,40). The van der Waals surface area contributed by atoms with Gasteiger partial charge in [-0.15, -0.1) is 5.10 Å². The molecule has 0 bridgehead atoms. The van der Waals surface area contributed by atoms with Crippen molar-refractivity contribution in [3.8, 4) is 0 Å². The van der Waals surface area contributed by atoms with Crippen molar-refractivity contribution in [2.24, 2.45) is 0 Å². The van der Waals surface area contributed by atoms with E-state index in [2.05, 4.69) is 81.7 Å². The normalized spacial score (nSPS) is 19.9. The van der Waals surface area contributed by atoms with E-state index in [9.17, 15) is 4.79 Å². The average molecular weight is 536 g/mol. The maximum Gasteiger partial charge on any atom is 0.255 e. The maximum absolute atomic E-state index is 12.8. The predicted octanol–water partition coefficient (Wildman–Crippen LogP) is 6.53. The first-order valence-electron chi connectivity index (χ1n) is 14.4. The molecule has 2 heterocycles. The number of carbonyl (C=O) groups is 1. The highest BCUT2D eigenvalue weighted by Crippen LogP contribution is 2.34. The maximum atomic E-state index is 12.8. The van der Waals surface area contributed by atoms with Gasteiger partial charge in [0.25, 0.3) is 5.91 Å². The molecule has 2 aliphatic rings. The fourth-order valence-corrected chi connectivity index (χ4v) is 5.94. The average Bonchev–Trinajstić information content (AvgIpc) is 3.46. The quantitative estimate of drug-likeness (QED) is 0.249. The molecule has 40 heavy (non-hydrogen) atoms. The van der Waals surface area contributed by atoms with Crippen LogP contribution in [0.3, 0.4) is 0 Å². The Bertz CT molecular complexity index is 1470. The van der Waals surface area contributed by atoms with E-state index in [1.165, 1.54) is 24.8 Å². The van der Waals surface area contributed by atoms with Gasteiger partial charge in [-0.3, -0.25) is 4.79 Å². The van der Waals surface area contributed by atoms with E-state index in [0.717, 1.165) is 41.2 Å². The molecule has 0 radical (unpaired) electrons. The number of tetrazole rings is 1. The lowest BCUT2D eigenvalue weighted by molar-refractivity contribution is 0.0906. The third-order valence-corrected chi connectivity index (χ3v) is 8.33. The van der Waals surface area contributed by atoms with Gasteiger partial charge in [-0.05, 0) is 77.1 Å². The minimum atomic E-state index is -0.721. The Balaban J connectivity index is 1.30. The molecule has 6 rings (SSSR count). The van der Waals surface area contributed by atoms with Crippen LogP contribution in [0, 0.1) is 0 Å². The Morgan fingerprint density at radius 2 is 1.60 bits per heavy atom. The second-order valence-corrected chi connectivity index (χ2v) is 11.5. The minimum Gasteiger partial charge on any atom is -0.371 e.